The lowest BCUT2D eigenvalue weighted by atomic mass is 10.1. The zero-order valence-corrected chi connectivity index (χ0v) is 19.4. The molecule has 32 heavy (non-hydrogen) atoms. The van der Waals surface area contributed by atoms with Crippen molar-refractivity contribution >= 4 is 56.9 Å². The van der Waals surface area contributed by atoms with Gasteiger partial charge in [0.25, 0.3) is 0 Å². The summed E-state index contributed by atoms with van der Waals surface area (Å²) in [6, 6.07) is 24.0. The molecule has 3 N–H and O–H groups in total. The van der Waals surface area contributed by atoms with Gasteiger partial charge in [0, 0.05) is 21.5 Å². The van der Waals surface area contributed by atoms with Crippen LogP contribution in [0.4, 0.5) is 11.4 Å². The normalized spacial score (nSPS) is 11.4. The van der Waals surface area contributed by atoms with E-state index in [1.165, 1.54) is 11.8 Å². The van der Waals surface area contributed by atoms with Crippen LogP contribution < -0.4 is 10.6 Å². The first-order chi connectivity index (χ1) is 15.4. The van der Waals surface area contributed by atoms with Crippen LogP contribution in [-0.4, -0.2) is 22.9 Å². The molecule has 0 aliphatic heterocycles. The van der Waals surface area contributed by atoms with Gasteiger partial charge < -0.3 is 15.7 Å². The molecule has 0 aromatic heterocycles. The van der Waals surface area contributed by atoms with Gasteiger partial charge >= 0.3 is 5.97 Å². The van der Waals surface area contributed by atoms with Crippen molar-refractivity contribution in [1.82, 2.24) is 0 Å². The van der Waals surface area contributed by atoms with Crippen molar-refractivity contribution in [3.63, 3.8) is 0 Å². The van der Waals surface area contributed by atoms with Gasteiger partial charge in [0.1, 0.15) is 5.25 Å². The number of halogens is 1. The van der Waals surface area contributed by atoms with Gasteiger partial charge in [0.2, 0.25) is 11.8 Å². The molecule has 3 rings (SSSR count). The Morgan fingerprint density at radius 3 is 2.31 bits per heavy atom. The van der Waals surface area contributed by atoms with Crippen LogP contribution in [0.1, 0.15) is 23.7 Å². The molecule has 3 aromatic rings. The Balaban J connectivity index is 1.78. The number of para-hydroxylation sites is 1. The summed E-state index contributed by atoms with van der Waals surface area (Å²) in [7, 11) is 0. The maximum absolute atomic E-state index is 13.2. The quantitative estimate of drug-likeness (QED) is 0.318. The first-order valence-corrected chi connectivity index (χ1v) is 11.5. The number of anilines is 2. The van der Waals surface area contributed by atoms with E-state index in [1.54, 1.807) is 18.2 Å². The SMILES string of the molecule is O=C(O)CCC(=O)Nc1cccc(SC(C(=O)Nc2ccccc2Br)c2ccccc2)c1. The minimum absolute atomic E-state index is 0.103. The number of amides is 2. The van der Waals surface area contributed by atoms with Crippen LogP contribution in [0.2, 0.25) is 0 Å². The van der Waals surface area contributed by atoms with Gasteiger partial charge in [-0.3, -0.25) is 14.4 Å². The van der Waals surface area contributed by atoms with Crippen molar-refractivity contribution in [2.24, 2.45) is 0 Å². The monoisotopic (exact) mass is 512 g/mol. The van der Waals surface area contributed by atoms with E-state index in [-0.39, 0.29) is 24.7 Å². The summed E-state index contributed by atoms with van der Waals surface area (Å²) in [4.78, 5) is 36.6. The van der Waals surface area contributed by atoms with Crippen molar-refractivity contribution in [2.75, 3.05) is 10.6 Å². The topological polar surface area (TPSA) is 95.5 Å². The van der Waals surface area contributed by atoms with Crippen LogP contribution in [0.15, 0.2) is 88.2 Å². The second-order valence-corrected chi connectivity index (χ2v) is 8.88. The van der Waals surface area contributed by atoms with E-state index < -0.39 is 11.2 Å². The number of carboxylic acids is 1. The average Bonchev–Trinajstić information content (AvgIpc) is 2.78. The minimum atomic E-state index is -1.02. The van der Waals surface area contributed by atoms with Gasteiger partial charge in [-0.15, -0.1) is 11.8 Å². The van der Waals surface area contributed by atoms with Crippen LogP contribution in [0.25, 0.3) is 0 Å². The number of carboxylic acid groups (broad SMARTS) is 1. The molecule has 0 spiro atoms. The molecule has 0 radical (unpaired) electrons. The standard InChI is InChI=1S/C24H21BrN2O4S/c25-19-11-4-5-12-20(19)27-24(31)23(16-7-2-1-3-8-16)32-18-10-6-9-17(15-18)26-21(28)13-14-22(29)30/h1-12,15,23H,13-14H2,(H,26,28)(H,27,31)(H,29,30). The molecule has 2 amide bonds. The Labute approximate surface area is 198 Å². The van der Waals surface area contributed by atoms with Crippen molar-refractivity contribution in [1.29, 1.82) is 0 Å². The average molecular weight is 513 g/mol. The number of carbonyl (C=O) groups is 3. The van der Waals surface area contributed by atoms with Gasteiger partial charge in [-0.2, -0.15) is 0 Å². The van der Waals surface area contributed by atoms with E-state index in [0.29, 0.717) is 11.4 Å². The van der Waals surface area contributed by atoms with E-state index in [9.17, 15) is 14.4 Å². The Morgan fingerprint density at radius 1 is 0.875 bits per heavy atom. The number of hydrogen-bond acceptors (Lipinski definition) is 4. The molecule has 1 atom stereocenters. The number of aliphatic carboxylic acids is 1. The molecule has 6 nitrogen and oxygen atoms in total. The molecule has 1 unspecified atom stereocenters. The van der Waals surface area contributed by atoms with Crippen molar-refractivity contribution in [3.05, 3.63) is 88.9 Å². The van der Waals surface area contributed by atoms with Gasteiger partial charge in [0.15, 0.2) is 0 Å². The molecule has 0 aliphatic rings. The number of rotatable bonds is 9. The number of nitrogens with one attached hydrogen (secondary N) is 2. The van der Waals surface area contributed by atoms with E-state index in [1.807, 2.05) is 60.7 Å². The maximum Gasteiger partial charge on any atom is 0.303 e. The fourth-order valence-electron chi connectivity index (χ4n) is 2.89. The highest BCUT2D eigenvalue weighted by atomic mass is 79.9. The Hall–Kier alpha value is -3.10. The first kappa shape index (κ1) is 23.6. The summed E-state index contributed by atoms with van der Waals surface area (Å²) in [5.41, 5.74) is 2.07. The zero-order chi connectivity index (χ0) is 22.9. The third kappa shape index (κ3) is 6.96. The van der Waals surface area contributed by atoms with Crippen LogP contribution in [0, 0.1) is 0 Å². The molecule has 0 saturated carbocycles. The molecular weight excluding hydrogens is 492 g/mol. The highest BCUT2D eigenvalue weighted by Crippen LogP contribution is 2.37. The van der Waals surface area contributed by atoms with Crippen LogP contribution >= 0.6 is 27.7 Å². The number of hydrogen-bond donors (Lipinski definition) is 3. The number of benzene rings is 3. The summed E-state index contributed by atoms with van der Waals surface area (Å²) < 4.78 is 0.788. The van der Waals surface area contributed by atoms with Crippen LogP contribution in [-0.2, 0) is 14.4 Å². The van der Waals surface area contributed by atoms with Gasteiger partial charge in [-0.05, 0) is 51.8 Å². The molecule has 3 aromatic carbocycles. The molecule has 164 valence electrons. The van der Waals surface area contributed by atoms with Gasteiger partial charge in [-0.1, -0.05) is 48.5 Å². The summed E-state index contributed by atoms with van der Waals surface area (Å²) in [6.07, 6.45) is -0.334. The predicted octanol–water partition coefficient (Wildman–Crippen LogP) is 5.72. The zero-order valence-electron chi connectivity index (χ0n) is 17.0. The largest absolute Gasteiger partial charge is 0.481 e. The lowest BCUT2D eigenvalue weighted by Crippen LogP contribution is -2.19. The third-order valence-corrected chi connectivity index (χ3v) is 6.35. The predicted molar refractivity (Wildman–Crippen MR) is 130 cm³/mol. The second kappa shape index (κ2) is 11.5. The minimum Gasteiger partial charge on any atom is -0.481 e. The van der Waals surface area contributed by atoms with Crippen LogP contribution in [0.3, 0.4) is 0 Å². The number of thioether (sulfide) groups is 1. The molecule has 0 saturated heterocycles. The van der Waals surface area contributed by atoms with Crippen molar-refractivity contribution in [3.8, 4) is 0 Å². The molecular formula is C24H21BrN2O4S. The molecule has 0 bridgehead atoms. The highest BCUT2D eigenvalue weighted by Gasteiger charge is 2.23. The Morgan fingerprint density at radius 2 is 1.59 bits per heavy atom. The molecule has 0 heterocycles. The smallest absolute Gasteiger partial charge is 0.303 e. The first-order valence-electron chi connectivity index (χ1n) is 9.81. The maximum atomic E-state index is 13.2. The summed E-state index contributed by atoms with van der Waals surface area (Å²) >= 11 is 4.81. The van der Waals surface area contributed by atoms with E-state index in [4.69, 9.17) is 5.11 Å². The molecule has 8 heteroatoms. The summed E-state index contributed by atoms with van der Waals surface area (Å²) in [5.74, 6) is -1.57. The highest BCUT2D eigenvalue weighted by molar-refractivity contribution is 9.10. The van der Waals surface area contributed by atoms with Gasteiger partial charge in [-0.25, -0.2) is 0 Å². The fraction of sp³-hybridized carbons (Fsp3) is 0.125. The van der Waals surface area contributed by atoms with E-state index >= 15 is 0 Å². The van der Waals surface area contributed by atoms with Gasteiger partial charge in [0.05, 0.1) is 12.1 Å². The lowest BCUT2D eigenvalue weighted by molar-refractivity contribution is -0.138. The van der Waals surface area contributed by atoms with Crippen molar-refractivity contribution < 1.29 is 19.5 Å². The summed E-state index contributed by atoms with van der Waals surface area (Å²) in [6.45, 7) is 0. The van der Waals surface area contributed by atoms with E-state index in [2.05, 4.69) is 26.6 Å². The summed E-state index contributed by atoms with van der Waals surface area (Å²) in [5, 5.41) is 13.9. The Kier molecular flexibility index (Phi) is 8.47. The fourth-order valence-corrected chi connectivity index (χ4v) is 4.36. The number of carbonyl (C=O) groups excluding carboxylic acids is 2. The Bertz CT molecular complexity index is 1110. The van der Waals surface area contributed by atoms with Crippen molar-refractivity contribution in [2.45, 2.75) is 23.0 Å². The van der Waals surface area contributed by atoms with E-state index in [0.717, 1.165) is 14.9 Å². The third-order valence-electron chi connectivity index (χ3n) is 4.41. The molecule has 0 fully saturated rings. The van der Waals surface area contributed by atoms with Crippen LogP contribution in [0.5, 0.6) is 0 Å². The second-order valence-electron chi connectivity index (χ2n) is 6.85. The molecule has 0 aliphatic carbocycles. The lowest BCUT2D eigenvalue weighted by Gasteiger charge is -2.18.